The monoisotopic (exact) mass is 394 g/mol. The first-order chi connectivity index (χ1) is 13.4. The van der Waals surface area contributed by atoms with Crippen LogP contribution < -0.4 is 11.3 Å². The molecule has 1 aliphatic rings. The van der Waals surface area contributed by atoms with Crippen molar-refractivity contribution < 1.29 is 17.9 Å². The van der Waals surface area contributed by atoms with Crippen LogP contribution in [0.2, 0.25) is 0 Å². The molecular formula is C21H25F3N2O2. The number of nitrogens with two attached hydrogens (primary N) is 1. The Kier molecular flexibility index (Phi) is 6.57. The van der Waals surface area contributed by atoms with Crippen LogP contribution in [-0.2, 0) is 10.9 Å². The van der Waals surface area contributed by atoms with E-state index in [2.05, 4.69) is 12.1 Å². The van der Waals surface area contributed by atoms with Gasteiger partial charge in [0.15, 0.2) is 0 Å². The zero-order chi connectivity index (χ0) is 20.1. The molecule has 1 aromatic heterocycles. The molecule has 0 amide bonds. The molecule has 2 aromatic rings. The summed E-state index contributed by atoms with van der Waals surface area (Å²) in [5.74, 6) is 0.512. The van der Waals surface area contributed by atoms with Gasteiger partial charge in [-0.05, 0) is 49.3 Å². The van der Waals surface area contributed by atoms with E-state index in [4.69, 9.17) is 10.5 Å². The average molecular weight is 394 g/mol. The van der Waals surface area contributed by atoms with Gasteiger partial charge in [0, 0.05) is 12.7 Å². The minimum Gasteiger partial charge on any atom is -0.376 e. The van der Waals surface area contributed by atoms with Crippen LogP contribution in [0, 0.1) is 0 Å². The summed E-state index contributed by atoms with van der Waals surface area (Å²) < 4.78 is 45.9. The van der Waals surface area contributed by atoms with Gasteiger partial charge in [0.05, 0.1) is 18.8 Å². The molecule has 28 heavy (non-hydrogen) atoms. The lowest BCUT2D eigenvalue weighted by Crippen LogP contribution is -2.36. The number of hydrogen-bond acceptors (Lipinski definition) is 3. The lowest BCUT2D eigenvalue weighted by Gasteiger charge is -2.30. The van der Waals surface area contributed by atoms with Crippen molar-refractivity contribution in [1.82, 2.24) is 4.57 Å². The van der Waals surface area contributed by atoms with Gasteiger partial charge in [-0.2, -0.15) is 13.2 Å². The third-order valence-corrected chi connectivity index (χ3v) is 5.41. The lowest BCUT2D eigenvalue weighted by atomic mass is 9.83. The third-order valence-electron chi connectivity index (χ3n) is 5.41. The van der Waals surface area contributed by atoms with Gasteiger partial charge in [0.25, 0.3) is 5.56 Å². The van der Waals surface area contributed by atoms with Gasteiger partial charge >= 0.3 is 6.18 Å². The van der Waals surface area contributed by atoms with Gasteiger partial charge in [-0.15, -0.1) is 0 Å². The number of hydrogen-bond donors (Lipinski definition) is 1. The predicted molar refractivity (Wildman–Crippen MR) is 101 cm³/mol. The van der Waals surface area contributed by atoms with E-state index in [1.807, 2.05) is 18.2 Å². The minimum atomic E-state index is -4.68. The smallest absolute Gasteiger partial charge is 0.376 e. The second-order valence-electron chi connectivity index (χ2n) is 7.24. The van der Waals surface area contributed by atoms with Crippen molar-refractivity contribution in [3.05, 3.63) is 70.1 Å². The summed E-state index contributed by atoms with van der Waals surface area (Å²) in [7, 11) is 0. The van der Waals surface area contributed by atoms with Crippen LogP contribution in [0.15, 0.2) is 53.5 Å². The molecule has 1 aliphatic carbocycles. The number of ether oxygens (including phenoxy) is 1. The Balaban J connectivity index is 1.59. The Morgan fingerprint density at radius 1 is 1.07 bits per heavy atom. The first-order valence-electron chi connectivity index (χ1n) is 9.55. The molecule has 1 unspecified atom stereocenters. The molecule has 1 atom stereocenters. The number of benzene rings is 1. The Morgan fingerprint density at radius 3 is 2.36 bits per heavy atom. The fourth-order valence-corrected chi connectivity index (χ4v) is 3.81. The normalized spacial score (nSPS) is 21.4. The van der Waals surface area contributed by atoms with E-state index >= 15 is 0 Å². The van der Waals surface area contributed by atoms with E-state index in [0.29, 0.717) is 5.92 Å². The van der Waals surface area contributed by atoms with Crippen LogP contribution >= 0.6 is 0 Å². The molecule has 0 radical (unpaired) electrons. The van der Waals surface area contributed by atoms with Crippen molar-refractivity contribution in [2.24, 2.45) is 5.73 Å². The maximum absolute atomic E-state index is 13.0. The summed E-state index contributed by atoms with van der Waals surface area (Å²) in [6.45, 7) is 0.152. The highest BCUT2D eigenvalue weighted by Gasteiger charge is 2.35. The minimum absolute atomic E-state index is 0.0284. The molecule has 0 saturated heterocycles. The molecule has 4 nitrogen and oxygen atoms in total. The highest BCUT2D eigenvalue weighted by molar-refractivity contribution is 5.20. The summed E-state index contributed by atoms with van der Waals surface area (Å²) in [6.07, 6.45) is 0.468. The van der Waals surface area contributed by atoms with Crippen LogP contribution in [-0.4, -0.2) is 23.8 Å². The fraction of sp³-hybridized carbons (Fsp3) is 0.476. The molecule has 1 saturated carbocycles. The van der Waals surface area contributed by atoms with Crippen molar-refractivity contribution in [3.63, 3.8) is 0 Å². The molecule has 3 rings (SSSR count). The molecule has 1 fully saturated rings. The van der Waals surface area contributed by atoms with Crippen LogP contribution in [0.5, 0.6) is 0 Å². The van der Waals surface area contributed by atoms with Gasteiger partial charge in [-0.3, -0.25) is 4.79 Å². The Bertz CT molecular complexity index is 812. The number of pyridine rings is 1. The molecule has 2 N–H and O–H groups in total. The topological polar surface area (TPSA) is 57.2 Å². The van der Waals surface area contributed by atoms with Gasteiger partial charge < -0.3 is 15.0 Å². The van der Waals surface area contributed by atoms with E-state index in [9.17, 15) is 18.0 Å². The Hall–Kier alpha value is -2.12. The van der Waals surface area contributed by atoms with Crippen LogP contribution in [0.3, 0.4) is 0 Å². The predicted octanol–water partition coefficient (Wildman–Crippen LogP) is 4.11. The van der Waals surface area contributed by atoms with Crippen molar-refractivity contribution in [3.8, 4) is 0 Å². The van der Waals surface area contributed by atoms with Crippen LogP contribution in [0.4, 0.5) is 13.2 Å². The van der Waals surface area contributed by atoms with E-state index in [-0.39, 0.29) is 19.3 Å². The van der Waals surface area contributed by atoms with Gasteiger partial charge in [-0.25, -0.2) is 0 Å². The Morgan fingerprint density at radius 2 is 1.75 bits per heavy atom. The second kappa shape index (κ2) is 8.92. The molecule has 152 valence electrons. The summed E-state index contributed by atoms with van der Waals surface area (Å²) in [5.41, 5.74) is 4.79. The summed E-state index contributed by atoms with van der Waals surface area (Å²) in [5, 5.41) is 0. The first kappa shape index (κ1) is 20.6. The third kappa shape index (κ3) is 4.83. The van der Waals surface area contributed by atoms with Crippen LogP contribution in [0.1, 0.15) is 48.8 Å². The van der Waals surface area contributed by atoms with Crippen molar-refractivity contribution >= 4 is 0 Å². The van der Waals surface area contributed by atoms with E-state index < -0.39 is 23.3 Å². The highest BCUT2D eigenvalue weighted by atomic mass is 19.4. The van der Waals surface area contributed by atoms with Crippen molar-refractivity contribution in [2.75, 3.05) is 13.2 Å². The van der Waals surface area contributed by atoms with Gasteiger partial charge in [0.2, 0.25) is 0 Å². The number of alkyl halides is 3. The summed E-state index contributed by atoms with van der Waals surface area (Å²) in [6, 6.07) is 11.7. The zero-order valence-electron chi connectivity index (χ0n) is 15.6. The summed E-state index contributed by atoms with van der Waals surface area (Å²) >= 11 is 0. The molecule has 0 spiro atoms. The largest absolute Gasteiger partial charge is 0.421 e. The standard InChI is InChI=1S/C21H25F3N2O2/c22-21(23,24)19-7-4-12-26(20(19)27)17(13-25)14-28-18-10-8-16(9-11-18)15-5-2-1-3-6-15/h1-7,12,16-18H,8-11,13-14,25H2. The average Bonchev–Trinajstić information content (AvgIpc) is 2.70. The van der Waals surface area contributed by atoms with Gasteiger partial charge in [0.1, 0.15) is 5.56 Å². The number of aromatic nitrogens is 1. The zero-order valence-corrected chi connectivity index (χ0v) is 15.6. The first-order valence-corrected chi connectivity index (χ1v) is 9.55. The Labute approximate surface area is 162 Å². The number of rotatable bonds is 6. The quantitative estimate of drug-likeness (QED) is 0.802. The molecule has 7 heteroatoms. The molecule has 1 heterocycles. The van der Waals surface area contributed by atoms with Gasteiger partial charge in [-0.1, -0.05) is 30.3 Å². The van der Waals surface area contributed by atoms with Crippen LogP contribution in [0.25, 0.3) is 0 Å². The van der Waals surface area contributed by atoms with E-state index in [0.717, 1.165) is 36.3 Å². The molecule has 0 bridgehead atoms. The highest BCUT2D eigenvalue weighted by Crippen LogP contribution is 2.34. The lowest BCUT2D eigenvalue weighted by molar-refractivity contribution is -0.139. The maximum atomic E-state index is 13.0. The number of halogens is 3. The molecular weight excluding hydrogens is 369 g/mol. The summed E-state index contributed by atoms with van der Waals surface area (Å²) in [4.78, 5) is 12.2. The number of nitrogens with zero attached hydrogens (tertiary/aromatic N) is 1. The van der Waals surface area contributed by atoms with E-state index in [1.165, 1.54) is 17.8 Å². The second-order valence-corrected chi connectivity index (χ2v) is 7.24. The van der Waals surface area contributed by atoms with E-state index in [1.54, 1.807) is 0 Å². The van der Waals surface area contributed by atoms with Crippen molar-refractivity contribution in [1.29, 1.82) is 0 Å². The molecule has 0 aliphatic heterocycles. The SMILES string of the molecule is NCC(COC1CCC(c2ccccc2)CC1)n1cccc(C(F)(F)F)c1=O. The fourth-order valence-electron chi connectivity index (χ4n) is 3.81. The maximum Gasteiger partial charge on any atom is 0.421 e. The van der Waals surface area contributed by atoms with Crippen molar-refractivity contribution in [2.45, 2.75) is 49.9 Å². The molecule has 1 aromatic carbocycles.